The van der Waals surface area contributed by atoms with Crippen molar-refractivity contribution in [2.75, 3.05) is 31.6 Å². The standard InChI is InChI=1S/C14H21ClN2O/c1-16-9-12-2-3-13(15)8-14(12)17-6-4-11(10-17)5-7-18/h2-3,8,11,16,18H,4-7,9-10H2,1H3. The monoisotopic (exact) mass is 268 g/mol. The van der Waals surface area contributed by atoms with E-state index < -0.39 is 0 Å². The van der Waals surface area contributed by atoms with Crippen LogP contribution in [0.2, 0.25) is 5.02 Å². The molecule has 2 N–H and O–H groups in total. The smallest absolute Gasteiger partial charge is 0.0434 e. The van der Waals surface area contributed by atoms with Crippen molar-refractivity contribution in [1.29, 1.82) is 0 Å². The van der Waals surface area contributed by atoms with Gasteiger partial charge in [-0.05, 0) is 43.5 Å². The third kappa shape index (κ3) is 3.16. The number of halogens is 1. The van der Waals surface area contributed by atoms with Gasteiger partial charge < -0.3 is 15.3 Å². The predicted molar refractivity (Wildman–Crippen MR) is 76.2 cm³/mol. The number of hydrogen-bond donors (Lipinski definition) is 2. The van der Waals surface area contributed by atoms with E-state index in [1.807, 2.05) is 13.1 Å². The summed E-state index contributed by atoms with van der Waals surface area (Å²) in [5.74, 6) is 0.608. The van der Waals surface area contributed by atoms with E-state index in [1.54, 1.807) is 0 Å². The Morgan fingerprint density at radius 1 is 1.50 bits per heavy atom. The Labute approximate surface area is 114 Å². The Kier molecular flexibility index (Phi) is 4.87. The van der Waals surface area contributed by atoms with Crippen LogP contribution < -0.4 is 10.2 Å². The highest BCUT2D eigenvalue weighted by Crippen LogP contribution is 2.30. The number of aliphatic hydroxyl groups is 1. The molecular weight excluding hydrogens is 248 g/mol. The average molecular weight is 269 g/mol. The van der Waals surface area contributed by atoms with Crippen molar-refractivity contribution in [3.05, 3.63) is 28.8 Å². The second kappa shape index (κ2) is 6.41. The van der Waals surface area contributed by atoms with Gasteiger partial charge in [0.2, 0.25) is 0 Å². The van der Waals surface area contributed by atoms with Crippen molar-refractivity contribution in [1.82, 2.24) is 5.32 Å². The van der Waals surface area contributed by atoms with Crippen LogP contribution in [0.5, 0.6) is 0 Å². The summed E-state index contributed by atoms with van der Waals surface area (Å²) >= 11 is 6.11. The minimum Gasteiger partial charge on any atom is -0.396 e. The van der Waals surface area contributed by atoms with Gasteiger partial charge in [-0.25, -0.2) is 0 Å². The van der Waals surface area contributed by atoms with Gasteiger partial charge in [0, 0.05) is 37.0 Å². The Morgan fingerprint density at radius 2 is 2.33 bits per heavy atom. The van der Waals surface area contributed by atoms with Gasteiger partial charge in [-0.3, -0.25) is 0 Å². The van der Waals surface area contributed by atoms with Crippen LogP contribution >= 0.6 is 11.6 Å². The third-order valence-electron chi connectivity index (χ3n) is 3.58. The van der Waals surface area contributed by atoms with Gasteiger partial charge in [0.05, 0.1) is 0 Å². The highest BCUT2D eigenvalue weighted by molar-refractivity contribution is 6.30. The molecule has 1 aromatic carbocycles. The summed E-state index contributed by atoms with van der Waals surface area (Å²) in [5.41, 5.74) is 2.52. The number of anilines is 1. The molecule has 1 aliphatic rings. The van der Waals surface area contributed by atoms with Crippen LogP contribution in [-0.2, 0) is 6.54 Å². The van der Waals surface area contributed by atoms with Crippen LogP contribution in [0.15, 0.2) is 18.2 Å². The lowest BCUT2D eigenvalue weighted by Gasteiger charge is -2.22. The zero-order valence-electron chi connectivity index (χ0n) is 10.8. The second-order valence-electron chi connectivity index (χ2n) is 4.92. The molecule has 0 aliphatic carbocycles. The van der Waals surface area contributed by atoms with E-state index in [1.165, 1.54) is 11.3 Å². The second-order valence-corrected chi connectivity index (χ2v) is 5.35. The van der Waals surface area contributed by atoms with E-state index in [0.29, 0.717) is 5.92 Å². The Morgan fingerprint density at radius 3 is 3.06 bits per heavy atom. The minimum atomic E-state index is 0.289. The zero-order chi connectivity index (χ0) is 13.0. The third-order valence-corrected chi connectivity index (χ3v) is 3.81. The molecule has 0 aromatic heterocycles. The van der Waals surface area contributed by atoms with Crippen LogP contribution in [0.3, 0.4) is 0 Å². The molecule has 18 heavy (non-hydrogen) atoms. The van der Waals surface area contributed by atoms with Crippen molar-refractivity contribution in [2.45, 2.75) is 19.4 Å². The first-order chi connectivity index (χ1) is 8.74. The molecule has 0 saturated carbocycles. The summed E-state index contributed by atoms with van der Waals surface area (Å²) < 4.78 is 0. The van der Waals surface area contributed by atoms with E-state index >= 15 is 0 Å². The molecule has 2 rings (SSSR count). The molecule has 100 valence electrons. The fourth-order valence-corrected chi connectivity index (χ4v) is 2.81. The highest BCUT2D eigenvalue weighted by Gasteiger charge is 2.23. The van der Waals surface area contributed by atoms with E-state index in [-0.39, 0.29) is 6.61 Å². The van der Waals surface area contributed by atoms with Crippen molar-refractivity contribution in [2.24, 2.45) is 5.92 Å². The van der Waals surface area contributed by atoms with E-state index in [2.05, 4.69) is 22.3 Å². The number of rotatable bonds is 5. The summed E-state index contributed by atoms with van der Waals surface area (Å²) in [6.45, 7) is 3.23. The summed E-state index contributed by atoms with van der Waals surface area (Å²) in [6, 6.07) is 6.09. The number of nitrogens with one attached hydrogen (secondary N) is 1. The number of aliphatic hydroxyl groups excluding tert-OH is 1. The van der Waals surface area contributed by atoms with Crippen molar-refractivity contribution in [3.8, 4) is 0 Å². The molecule has 4 heteroatoms. The quantitative estimate of drug-likeness (QED) is 0.860. The molecule has 1 fully saturated rings. The maximum absolute atomic E-state index is 9.02. The zero-order valence-corrected chi connectivity index (χ0v) is 11.6. The molecule has 1 atom stereocenters. The molecule has 1 heterocycles. The van der Waals surface area contributed by atoms with E-state index in [4.69, 9.17) is 16.7 Å². The normalized spacial score (nSPS) is 19.5. The molecule has 1 aromatic rings. The lowest BCUT2D eigenvalue weighted by Crippen LogP contribution is -2.22. The maximum Gasteiger partial charge on any atom is 0.0434 e. The first-order valence-corrected chi connectivity index (χ1v) is 6.91. The van der Waals surface area contributed by atoms with Gasteiger partial charge >= 0.3 is 0 Å². The molecule has 1 saturated heterocycles. The summed E-state index contributed by atoms with van der Waals surface area (Å²) in [5, 5.41) is 13.0. The van der Waals surface area contributed by atoms with Crippen LogP contribution in [0.4, 0.5) is 5.69 Å². The van der Waals surface area contributed by atoms with Gasteiger partial charge in [-0.2, -0.15) is 0 Å². The largest absolute Gasteiger partial charge is 0.396 e. The van der Waals surface area contributed by atoms with Gasteiger partial charge in [0.1, 0.15) is 0 Å². The first kappa shape index (κ1) is 13.7. The van der Waals surface area contributed by atoms with Crippen LogP contribution in [0.1, 0.15) is 18.4 Å². The van der Waals surface area contributed by atoms with E-state index in [0.717, 1.165) is 37.5 Å². The maximum atomic E-state index is 9.02. The Balaban J connectivity index is 2.14. The molecule has 1 aliphatic heterocycles. The van der Waals surface area contributed by atoms with Gasteiger partial charge in [0.15, 0.2) is 0 Å². The van der Waals surface area contributed by atoms with Gasteiger partial charge in [0.25, 0.3) is 0 Å². The topological polar surface area (TPSA) is 35.5 Å². The Bertz CT molecular complexity index is 397. The fraction of sp³-hybridized carbons (Fsp3) is 0.571. The molecule has 0 bridgehead atoms. The summed E-state index contributed by atoms with van der Waals surface area (Å²) in [4.78, 5) is 2.39. The molecular formula is C14H21ClN2O. The molecule has 0 radical (unpaired) electrons. The SMILES string of the molecule is CNCc1ccc(Cl)cc1N1CCC(CCO)C1. The van der Waals surface area contributed by atoms with Gasteiger partial charge in [-0.15, -0.1) is 0 Å². The van der Waals surface area contributed by atoms with Crippen LogP contribution in [0.25, 0.3) is 0 Å². The molecule has 1 unspecified atom stereocenters. The average Bonchev–Trinajstić information content (AvgIpc) is 2.81. The molecule has 0 spiro atoms. The first-order valence-electron chi connectivity index (χ1n) is 6.53. The predicted octanol–water partition coefficient (Wildman–Crippen LogP) is 2.27. The van der Waals surface area contributed by atoms with Crippen LogP contribution in [0, 0.1) is 5.92 Å². The molecule has 3 nitrogen and oxygen atoms in total. The lowest BCUT2D eigenvalue weighted by molar-refractivity contribution is 0.263. The lowest BCUT2D eigenvalue weighted by atomic mass is 10.1. The summed E-state index contributed by atoms with van der Waals surface area (Å²) in [7, 11) is 1.96. The fourth-order valence-electron chi connectivity index (χ4n) is 2.64. The van der Waals surface area contributed by atoms with Crippen molar-refractivity contribution in [3.63, 3.8) is 0 Å². The van der Waals surface area contributed by atoms with E-state index in [9.17, 15) is 0 Å². The highest BCUT2D eigenvalue weighted by atomic mass is 35.5. The van der Waals surface area contributed by atoms with Crippen molar-refractivity contribution < 1.29 is 5.11 Å². The minimum absolute atomic E-state index is 0.289. The summed E-state index contributed by atoms with van der Waals surface area (Å²) in [6.07, 6.45) is 2.06. The van der Waals surface area contributed by atoms with Crippen molar-refractivity contribution >= 4 is 17.3 Å². The van der Waals surface area contributed by atoms with Crippen LogP contribution in [-0.4, -0.2) is 31.9 Å². The van der Waals surface area contributed by atoms with Gasteiger partial charge in [-0.1, -0.05) is 17.7 Å². The number of nitrogens with zero attached hydrogens (tertiary/aromatic N) is 1. The number of hydrogen-bond acceptors (Lipinski definition) is 3. The number of benzene rings is 1. The Hall–Kier alpha value is -0.770. The molecule has 0 amide bonds.